The number of H-pyrrole nitrogens is 1. The molecular formula is C23H23N3O4. The molecule has 7 nitrogen and oxygen atoms in total. The van der Waals surface area contributed by atoms with E-state index in [4.69, 9.17) is 9.47 Å². The summed E-state index contributed by atoms with van der Waals surface area (Å²) in [7, 11) is 4.89. The van der Waals surface area contributed by atoms with Gasteiger partial charge in [-0.05, 0) is 23.8 Å². The number of piperazine rings is 1. The second-order valence-electron chi connectivity index (χ2n) is 7.79. The normalized spacial score (nSPS) is 20.9. The number of amides is 2. The number of methoxy groups -OCH3 is 2. The van der Waals surface area contributed by atoms with Crippen LogP contribution >= 0.6 is 0 Å². The fourth-order valence-electron chi connectivity index (χ4n) is 4.78. The maximum absolute atomic E-state index is 13.2. The molecule has 3 aromatic rings. The van der Waals surface area contributed by atoms with Crippen LogP contribution in [0.4, 0.5) is 0 Å². The Bertz CT molecular complexity index is 1170. The number of hydrogen-bond acceptors (Lipinski definition) is 4. The molecule has 2 atom stereocenters. The standard InChI is InChI=1S/C23H23N3O4/c1-25-12-20(27)26-18(23(25)28)11-16-14-6-4-5-7-17(14)24-21(16)22(26)15-9-8-13(29-2)10-19(15)30-3/h4-10,18,22,24H,11-12H2,1-3H3/t18-,22?/m0/s1. The molecule has 1 saturated heterocycles. The molecule has 3 heterocycles. The van der Waals surface area contributed by atoms with Gasteiger partial charge in [0, 0.05) is 41.7 Å². The maximum Gasteiger partial charge on any atom is 0.245 e. The molecule has 1 N–H and O–H groups in total. The van der Waals surface area contributed by atoms with Crippen LogP contribution in [0.1, 0.15) is 22.9 Å². The molecule has 5 rings (SSSR count). The minimum atomic E-state index is -0.542. The highest BCUT2D eigenvalue weighted by atomic mass is 16.5. The molecule has 1 unspecified atom stereocenters. The fraction of sp³-hybridized carbons (Fsp3) is 0.304. The third kappa shape index (κ3) is 2.58. The molecule has 1 aromatic heterocycles. The largest absolute Gasteiger partial charge is 0.497 e. The lowest BCUT2D eigenvalue weighted by atomic mass is 9.86. The van der Waals surface area contributed by atoms with Crippen molar-refractivity contribution < 1.29 is 19.1 Å². The molecule has 2 aromatic carbocycles. The lowest BCUT2D eigenvalue weighted by Gasteiger charge is -2.46. The number of fused-ring (bicyclic) bond motifs is 4. The molecule has 0 radical (unpaired) electrons. The first kappa shape index (κ1) is 18.5. The number of aromatic nitrogens is 1. The molecule has 2 aliphatic heterocycles. The van der Waals surface area contributed by atoms with Crippen LogP contribution in [0.2, 0.25) is 0 Å². The van der Waals surface area contributed by atoms with Gasteiger partial charge in [0.1, 0.15) is 23.6 Å². The zero-order chi connectivity index (χ0) is 21.0. The van der Waals surface area contributed by atoms with Gasteiger partial charge < -0.3 is 24.3 Å². The number of para-hydroxylation sites is 1. The zero-order valence-corrected chi connectivity index (χ0v) is 17.1. The van der Waals surface area contributed by atoms with Gasteiger partial charge in [-0.3, -0.25) is 9.59 Å². The number of carbonyl (C=O) groups excluding carboxylic acids is 2. The van der Waals surface area contributed by atoms with Crippen molar-refractivity contribution in [2.75, 3.05) is 27.8 Å². The van der Waals surface area contributed by atoms with Crippen molar-refractivity contribution in [1.29, 1.82) is 0 Å². The average Bonchev–Trinajstić information content (AvgIpc) is 3.14. The Hall–Kier alpha value is -3.48. The predicted octanol–water partition coefficient (Wildman–Crippen LogP) is 2.50. The van der Waals surface area contributed by atoms with E-state index in [0.29, 0.717) is 17.9 Å². The smallest absolute Gasteiger partial charge is 0.245 e. The number of benzene rings is 2. The van der Waals surface area contributed by atoms with E-state index in [-0.39, 0.29) is 18.4 Å². The van der Waals surface area contributed by atoms with Gasteiger partial charge in [0.15, 0.2) is 0 Å². The van der Waals surface area contributed by atoms with E-state index in [1.54, 1.807) is 26.2 Å². The van der Waals surface area contributed by atoms with Crippen LogP contribution in [-0.4, -0.2) is 60.5 Å². The van der Waals surface area contributed by atoms with Gasteiger partial charge in [-0.25, -0.2) is 0 Å². The lowest BCUT2D eigenvalue weighted by molar-refractivity contribution is -0.157. The van der Waals surface area contributed by atoms with Crippen molar-refractivity contribution in [2.24, 2.45) is 0 Å². The number of carbonyl (C=O) groups is 2. The number of likely N-dealkylation sites (N-methyl/N-ethyl adjacent to an activating group) is 1. The molecule has 1 fully saturated rings. The summed E-state index contributed by atoms with van der Waals surface area (Å²) in [5.74, 6) is 1.17. The first-order valence-electron chi connectivity index (χ1n) is 9.91. The van der Waals surface area contributed by atoms with Crippen molar-refractivity contribution in [3.05, 3.63) is 59.3 Å². The topological polar surface area (TPSA) is 74.9 Å². The summed E-state index contributed by atoms with van der Waals surface area (Å²) < 4.78 is 11.0. The van der Waals surface area contributed by atoms with Crippen LogP contribution in [-0.2, 0) is 16.0 Å². The average molecular weight is 405 g/mol. The number of hydrogen-bond donors (Lipinski definition) is 1. The van der Waals surface area contributed by atoms with E-state index in [1.165, 1.54) is 4.90 Å². The van der Waals surface area contributed by atoms with E-state index in [0.717, 1.165) is 27.7 Å². The number of rotatable bonds is 3. The predicted molar refractivity (Wildman–Crippen MR) is 112 cm³/mol. The number of nitrogens with zero attached hydrogens (tertiary/aromatic N) is 2. The third-order valence-electron chi connectivity index (χ3n) is 6.19. The highest BCUT2D eigenvalue weighted by molar-refractivity contribution is 5.97. The zero-order valence-electron chi connectivity index (χ0n) is 17.1. The van der Waals surface area contributed by atoms with Crippen LogP contribution < -0.4 is 9.47 Å². The summed E-state index contributed by atoms with van der Waals surface area (Å²) in [4.78, 5) is 33.0. The van der Waals surface area contributed by atoms with Gasteiger partial charge in [0.25, 0.3) is 0 Å². The summed E-state index contributed by atoms with van der Waals surface area (Å²) >= 11 is 0. The van der Waals surface area contributed by atoms with Crippen LogP contribution in [0.3, 0.4) is 0 Å². The van der Waals surface area contributed by atoms with Gasteiger partial charge >= 0.3 is 0 Å². The van der Waals surface area contributed by atoms with Gasteiger partial charge in [0.2, 0.25) is 11.8 Å². The van der Waals surface area contributed by atoms with Crippen LogP contribution in [0.5, 0.6) is 11.5 Å². The summed E-state index contributed by atoms with van der Waals surface area (Å²) in [5, 5.41) is 1.08. The second-order valence-corrected chi connectivity index (χ2v) is 7.79. The Kier molecular flexibility index (Phi) is 4.20. The van der Waals surface area contributed by atoms with Gasteiger partial charge in [-0.2, -0.15) is 0 Å². The molecule has 0 saturated carbocycles. The Morgan fingerprint density at radius 1 is 1.07 bits per heavy atom. The van der Waals surface area contributed by atoms with E-state index in [1.807, 2.05) is 36.4 Å². The Balaban J connectivity index is 1.77. The quantitative estimate of drug-likeness (QED) is 0.727. The van der Waals surface area contributed by atoms with Crippen molar-refractivity contribution in [2.45, 2.75) is 18.5 Å². The monoisotopic (exact) mass is 405 g/mol. The van der Waals surface area contributed by atoms with Gasteiger partial charge in [-0.15, -0.1) is 0 Å². The van der Waals surface area contributed by atoms with E-state index in [9.17, 15) is 9.59 Å². The molecule has 154 valence electrons. The van der Waals surface area contributed by atoms with Gasteiger partial charge in [-0.1, -0.05) is 18.2 Å². The van der Waals surface area contributed by atoms with Crippen molar-refractivity contribution in [1.82, 2.24) is 14.8 Å². The van der Waals surface area contributed by atoms with Gasteiger partial charge in [0.05, 0.1) is 20.8 Å². The highest BCUT2D eigenvalue weighted by Gasteiger charge is 2.48. The van der Waals surface area contributed by atoms with E-state index < -0.39 is 12.1 Å². The minimum absolute atomic E-state index is 0.0389. The Labute approximate surface area is 174 Å². The summed E-state index contributed by atoms with van der Waals surface area (Å²) in [6.07, 6.45) is 0.489. The molecule has 30 heavy (non-hydrogen) atoms. The summed E-state index contributed by atoms with van der Waals surface area (Å²) in [5.41, 5.74) is 3.82. The first-order chi connectivity index (χ1) is 14.5. The molecule has 0 bridgehead atoms. The fourth-order valence-corrected chi connectivity index (χ4v) is 4.78. The molecular weight excluding hydrogens is 382 g/mol. The number of ether oxygens (including phenoxy) is 2. The van der Waals surface area contributed by atoms with Crippen LogP contribution in [0.25, 0.3) is 10.9 Å². The molecule has 7 heteroatoms. The highest BCUT2D eigenvalue weighted by Crippen LogP contribution is 2.45. The molecule has 2 aliphatic rings. The van der Waals surface area contributed by atoms with Crippen molar-refractivity contribution in [3.63, 3.8) is 0 Å². The van der Waals surface area contributed by atoms with E-state index in [2.05, 4.69) is 11.1 Å². The Morgan fingerprint density at radius 3 is 2.63 bits per heavy atom. The van der Waals surface area contributed by atoms with Crippen LogP contribution in [0.15, 0.2) is 42.5 Å². The summed E-state index contributed by atoms with van der Waals surface area (Å²) in [6, 6.07) is 12.6. The molecule has 0 spiro atoms. The van der Waals surface area contributed by atoms with Crippen LogP contribution in [0, 0.1) is 0 Å². The van der Waals surface area contributed by atoms with Crippen molar-refractivity contribution in [3.8, 4) is 11.5 Å². The number of nitrogens with one attached hydrogen (secondary N) is 1. The second kappa shape index (κ2) is 6.79. The number of aromatic amines is 1. The first-order valence-corrected chi connectivity index (χ1v) is 9.91. The Morgan fingerprint density at radius 2 is 1.87 bits per heavy atom. The lowest BCUT2D eigenvalue weighted by Crippen LogP contribution is -2.62. The van der Waals surface area contributed by atoms with Crippen molar-refractivity contribution >= 4 is 22.7 Å². The minimum Gasteiger partial charge on any atom is -0.497 e. The van der Waals surface area contributed by atoms with E-state index >= 15 is 0 Å². The summed E-state index contributed by atoms with van der Waals surface area (Å²) in [6.45, 7) is 0.0693. The SMILES string of the molecule is COc1ccc(C2c3[nH]c4ccccc4c3C[C@H]3C(=O)N(C)CC(=O)N23)c(OC)c1. The molecule has 0 aliphatic carbocycles. The molecule has 2 amide bonds. The third-order valence-corrected chi connectivity index (χ3v) is 6.19. The maximum atomic E-state index is 13.2.